The molecule has 1 aromatic carbocycles. The third-order valence-corrected chi connectivity index (χ3v) is 6.04. The summed E-state index contributed by atoms with van der Waals surface area (Å²) in [5.74, 6) is 0.0185. The van der Waals surface area contributed by atoms with Crippen LogP contribution >= 0.6 is 46.1 Å². The number of hydrogen-bond donors (Lipinski definition) is 1. The standard InChI is InChI=1S/C17H12Cl3N7O2S/c1-29-13(28)5-22-17-23-11-4-21-15(24-16(11)30-17)12-7-27(26-25-12)6-8-2-9(18)14(20)10(19)3-8/h2-4,7H,5-6H2,1H3,(H,22,23). The SMILES string of the molecule is COC(=O)CNc1nc2cnc(-c3cn(Cc4cc(Cl)c(Cl)c(Cl)c4)nn3)nc2s1. The molecule has 0 aliphatic carbocycles. The van der Waals surface area contributed by atoms with Gasteiger partial charge < -0.3 is 10.1 Å². The molecule has 0 spiro atoms. The van der Waals surface area contributed by atoms with Crippen LogP contribution in [-0.2, 0) is 16.1 Å². The van der Waals surface area contributed by atoms with Gasteiger partial charge in [0.05, 0.1) is 41.1 Å². The third kappa shape index (κ3) is 4.46. The number of nitrogens with zero attached hydrogens (tertiary/aromatic N) is 6. The minimum Gasteiger partial charge on any atom is -0.468 e. The molecule has 0 saturated heterocycles. The summed E-state index contributed by atoms with van der Waals surface area (Å²) in [7, 11) is 1.32. The maximum atomic E-state index is 11.3. The Morgan fingerprint density at radius 2 is 2.00 bits per heavy atom. The van der Waals surface area contributed by atoms with Gasteiger partial charge in [-0.1, -0.05) is 51.4 Å². The Balaban J connectivity index is 1.53. The van der Waals surface area contributed by atoms with Crippen LogP contribution in [0.5, 0.6) is 0 Å². The number of carbonyl (C=O) groups is 1. The van der Waals surface area contributed by atoms with E-state index in [0.717, 1.165) is 5.56 Å². The fourth-order valence-corrected chi connectivity index (χ4v) is 3.97. The number of methoxy groups -OCH3 is 1. The molecular weight excluding hydrogens is 473 g/mol. The van der Waals surface area contributed by atoms with E-state index in [1.54, 1.807) is 29.2 Å². The second-order valence-electron chi connectivity index (χ2n) is 6.01. The number of fused-ring (bicyclic) bond motifs is 1. The number of thiazole rings is 1. The fraction of sp³-hybridized carbons (Fsp3) is 0.176. The Hall–Kier alpha value is -2.53. The number of esters is 1. The maximum Gasteiger partial charge on any atom is 0.325 e. The second kappa shape index (κ2) is 8.68. The van der Waals surface area contributed by atoms with Crippen molar-refractivity contribution in [2.45, 2.75) is 6.54 Å². The average Bonchev–Trinajstić information content (AvgIpc) is 3.36. The van der Waals surface area contributed by atoms with Crippen molar-refractivity contribution < 1.29 is 9.53 Å². The molecule has 0 bridgehead atoms. The molecule has 13 heteroatoms. The molecule has 9 nitrogen and oxygen atoms in total. The largest absolute Gasteiger partial charge is 0.468 e. The number of hydrogen-bond acceptors (Lipinski definition) is 9. The van der Waals surface area contributed by atoms with Crippen molar-refractivity contribution in [2.24, 2.45) is 0 Å². The molecule has 0 amide bonds. The summed E-state index contributed by atoms with van der Waals surface area (Å²) in [4.78, 5) is 25.0. The summed E-state index contributed by atoms with van der Waals surface area (Å²) in [6.45, 7) is 0.414. The highest BCUT2D eigenvalue weighted by Gasteiger charge is 2.13. The highest BCUT2D eigenvalue weighted by atomic mass is 35.5. The van der Waals surface area contributed by atoms with E-state index in [0.29, 0.717) is 48.6 Å². The molecule has 0 fully saturated rings. The van der Waals surface area contributed by atoms with Crippen LogP contribution in [0, 0.1) is 0 Å². The number of benzene rings is 1. The van der Waals surface area contributed by atoms with Gasteiger partial charge in [0, 0.05) is 0 Å². The molecule has 0 aliphatic rings. The molecule has 3 heterocycles. The molecule has 154 valence electrons. The van der Waals surface area contributed by atoms with Gasteiger partial charge in [0.15, 0.2) is 11.0 Å². The van der Waals surface area contributed by atoms with Gasteiger partial charge in [0.2, 0.25) is 0 Å². The highest BCUT2D eigenvalue weighted by Crippen LogP contribution is 2.31. The molecule has 0 radical (unpaired) electrons. The van der Waals surface area contributed by atoms with Gasteiger partial charge in [-0.25, -0.2) is 19.6 Å². The van der Waals surface area contributed by atoms with Crippen molar-refractivity contribution in [3.8, 4) is 11.5 Å². The van der Waals surface area contributed by atoms with Crippen molar-refractivity contribution in [2.75, 3.05) is 19.0 Å². The van der Waals surface area contributed by atoms with Gasteiger partial charge in [-0.15, -0.1) is 5.10 Å². The van der Waals surface area contributed by atoms with Crippen molar-refractivity contribution in [1.82, 2.24) is 29.9 Å². The number of carbonyl (C=O) groups excluding carboxylic acids is 1. The normalized spacial score (nSPS) is 11.1. The summed E-state index contributed by atoms with van der Waals surface area (Å²) in [5, 5.41) is 12.7. The van der Waals surface area contributed by atoms with Crippen LogP contribution in [0.25, 0.3) is 21.9 Å². The van der Waals surface area contributed by atoms with Gasteiger partial charge in [-0.2, -0.15) is 0 Å². The van der Waals surface area contributed by atoms with Crippen molar-refractivity contribution in [3.05, 3.63) is 45.2 Å². The summed E-state index contributed by atoms with van der Waals surface area (Å²) >= 11 is 19.4. The first kappa shape index (κ1) is 20.7. The van der Waals surface area contributed by atoms with Crippen molar-refractivity contribution in [1.29, 1.82) is 0 Å². The molecule has 0 saturated carbocycles. The lowest BCUT2D eigenvalue weighted by Gasteiger charge is -2.05. The lowest BCUT2D eigenvalue weighted by atomic mass is 10.2. The van der Waals surface area contributed by atoms with Crippen LogP contribution in [0.15, 0.2) is 24.5 Å². The molecule has 30 heavy (non-hydrogen) atoms. The smallest absolute Gasteiger partial charge is 0.325 e. The Labute approximate surface area is 189 Å². The molecule has 3 aromatic heterocycles. The number of nitrogens with one attached hydrogen (secondary N) is 1. The zero-order valence-corrected chi connectivity index (χ0v) is 18.3. The second-order valence-corrected chi connectivity index (χ2v) is 8.18. The lowest BCUT2D eigenvalue weighted by Crippen LogP contribution is -2.14. The van der Waals surface area contributed by atoms with Crippen molar-refractivity contribution in [3.63, 3.8) is 0 Å². The number of halogens is 3. The van der Waals surface area contributed by atoms with E-state index < -0.39 is 0 Å². The molecule has 0 unspecified atom stereocenters. The Morgan fingerprint density at radius 1 is 1.23 bits per heavy atom. The molecule has 4 aromatic rings. The van der Waals surface area contributed by atoms with Gasteiger partial charge in [-0.3, -0.25) is 4.79 Å². The first-order chi connectivity index (χ1) is 14.4. The molecule has 4 rings (SSSR count). The minimum absolute atomic E-state index is 0.0175. The van der Waals surface area contributed by atoms with E-state index >= 15 is 0 Å². The van der Waals surface area contributed by atoms with Gasteiger partial charge in [0.1, 0.15) is 22.6 Å². The first-order valence-electron chi connectivity index (χ1n) is 8.41. The Bertz CT molecular complexity index is 1220. The van der Waals surface area contributed by atoms with Crippen LogP contribution in [0.4, 0.5) is 5.13 Å². The molecular formula is C17H12Cl3N7O2S. The molecule has 0 atom stereocenters. The van der Waals surface area contributed by atoms with E-state index in [2.05, 4.69) is 35.3 Å². The van der Waals surface area contributed by atoms with Crippen LogP contribution in [0.3, 0.4) is 0 Å². The Morgan fingerprint density at radius 3 is 2.73 bits per heavy atom. The van der Waals surface area contributed by atoms with E-state index in [1.165, 1.54) is 18.4 Å². The summed E-state index contributed by atoms with van der Waals surface area (Å²) < 4.78 is 6.22. The molecule has 1 N–H and O–H groups in total. The summed E-state index contributed by atoms with van der Waals surface area (Å²) in [5.41, 5.74) is 1.93. The number of ether oxygens (including phenoxy) is 1. The maximum absolute atomic E-state index is 11.3. The third-order valence-electron chi connectivity index (χ3n) is 3.92. The van der Waals surface area contributed by atoms with Crippen LogP contribution in [-0.4, -0.2) is 49.6 Å². The van der Waals surface area contributed by atoms with Crippen LogP contribution < -0.4 is 5.32 Å². The number of rotatable bonds is 6. The minimum atomic E-state index is -0.388. The quantitative estimate of drug-likeness (QED) is 0.324. The average molecular weight is 485 g/mol. The number of aromatic nitrogens is 6. The van der Waals surface area contributed by atoms with E-state index in [9.17, 15) is 4.79 Å². The van der Waals surface area contributed by atoms with Gasteiger partial charge >= 0.3 is 5.97 Å². The first-order valence-corrected chi connectivity index (χ1v) is 10.4. The fourth-order valence-electron chi connectivity index (χ4n) is 2.52. The van der Waals surface area contributed by atoms with Crippen molar-refractivity contribution >= 4 is 67.6 Å². The Kier molecular flexibility index (Phi) is 6.00. The zero-order chi connectivity index (χ0) is 21.3. The predicted molar refractivity (Wildman–Crippen MR) is 115 cm³/mol. The van der Waals surface area contributed by atoms with Crippen LogP contribution in [0.1, 0.15) is 5.56 Å². The molecule has 0 aliphatic heterocycles. The number of anilines is 1. The van der Waals surface area contributed by atoms with Gasteiger partial charge in [-0.05, 0) is 17.7 Å². The zero-order valence-electron chi connectivity index (χ0n) is 15.3. The van der Waals surface area contributed by atoms with E-state index in [-0.39, 0.29) is 12.5 Å². The lowest BCUT2D eigenvalue weighted by molar-refractivity contribution is -0.138. The summed E-state index contributed by atoms with van der Waals surface area (Å²) in [6.07, 6.45) is 3.31. The predicted octanol–water partition coefficient (Wildman–Crippen LogP) is 3.94. The van der Waals surface area contributed by atoms with Gasteiger partial charge in [0.25, 0.3) is 0 Å². The van der Waals surface area contributed by atoms with E-state index in [4.69, 9.17) is 34.8 Å². The monoisotopic (exact) mass is 483 g/mol. The van der Waals surface area contributed by atoms with Crippen LogP contribution in [0.2, 0.25) is 15.1 Å². The highest BCUT2D eigenvalue weighted by molar-refractivity contribution is 7.21. The van der Waals surface area contributed by atoms with E-state index in [1.807, 2.05) is 0 Å². The summed E-state index contributed by atoms with van der Waals surface area (Å²) in [6, 6.07) is 3.44. The topological polar surface area (TPSA) is 108 Å².